The zero-order valence-electron chi connectivity index (χ0n) is 14.4. The van der Waals surface area contributed by atoms with Crippen molar-refractivity contribution in [3.05, 3.63) is 35.4 Å². The smallest absolute Gasteiger partial charge is 0.440 e. The van der Waals surface area contributed by atoms with Crippen molar-refractivity contribution in [2.45, 2.75) is 46.8 Å². The average molecular weight is 331 g/mol. The topological polar surface area (TPSA) is 92.0 Å². The number of nitrogens with zero attached hydrogens (tertiary/aromatic N) is 3. The van der Waals surface area contributed by atoms with Crippen molar-refractivity contribution in [3.8, 4) is 6.07 Å². The van der Waals surface area contributed by atoms with Gasteiger partial charge >= 0.3 is 12.2 Å². The van der Waals surface area contributed by atoms with Gasteiger partial charge in [0, 0.05) is 5.56 Å². The summed E-state index contributed by atoms with van der Waals surface area (Å²) in [6, 6.07) is 8.83. The molecular formula is C17H21N3O4. The van der Waals surface area contributed by atoms with Gasteiger partial charge in [-0.05, 0) is 34.6 Å². The molecule has 0 N–H and O–H groups in total. The monoisotopic (exact) mass is 331 g/mol. The van der Waals surface area contributed by atoms with E-state index >= 15 is 0 Å². The first-order valence-corrected chi connectivity index (χ1v) is 7.51. The van der Waals surface area contributed by atoms with Crippen LogP contribution in [0.1, 0.15) is 38.8 Å². The molecule has 24 heavy (non-hydrogen) atoms. The molecule has 7 nitrogen and oxygen atoms in total. The number of imide groups is 1. The molecule has 0 saturated heterocycles. The third-order valence-electron chi connectivity index (χ3n) is 2.65. The van der Waals surface area contributed by atoms with Crippen LogP contribution in [0, 0.1) is 18.3 Å². The second kappa shape index (κ2) is 8.67. The predicted octanol–water partition coefficient (Wildman–Crippen LogP) is 3.61. The summed E-state index contributed by atoms with van der Waals surface area (Å²) in [4.78, 5) is 24.2. The first kappa shape index (κ1) is 19.2. The van der Waals surface area contributed by atoms with Crippen LogP contribution in [0.25, 0.3) is 0 Å². The van der Waals surface area contributed by atoms with Crippen LogP contribution < -0.4 is 0 Å². The number of nitriles is 1. The Kier molecular flexibility index (Phi) is 6.93. The van der Waals surface area contributed by atoms with Gasteiger partial charge in [-0.3, -0.25) is 0 Å². The lowest BCUT2D eigenvalue weighted by Gasteiger charge is -2.18. The third kappa shape index (κ3) is 5.72. The average Bonchev–Trinajstić information content (AvgIpc) is 2.48. The summed E-state index contributed by atoms with van der Waals surface area (Å²) in [6.07, 6.45) is -2.91. The van der Waals surface area contributed by atoms with Crippen molar-refractivity contribution in [2.75, 3.05) is 0 Å². The number of hydrogen-bond acceptors (Lipinski definition) is 6. The maximum atomic E-state index is 12.1. The predicted molar refractivity (Wildman–Crippen MR) is 88.4 cm³/mol. The highest BCUT2D eigenvalue weighted by Crippen LogP contribution is 2.09. The van der Waals surface area contributed by atoms with E-state index in [1.54, 1.807) is 52.0 Å². The van der Waals surface area contributed by atoms with Crippen LogP contribution in [0.5, 0.6) is 0 Å². The van der Waals surface area contributed by atoms with E-state index in [1.165, 1.54) is 0 Å². The Morgan fingerprint density at radius 1 is 1.04 bits per heavy atom. The fourth-order valence-corrected chi connectivity index (χ4v) is 1.62. The highest BCUT2D eigenvalue weighted by Gasteiger charge is 2.27. The molecule has 0 aliphatic rings. The Bertz CT molecular complexity index is 635. The number of benzene rings is 1. The Morgan fingerprint density at radius 3 is 1.88 bits per heavy atom. The normalized spacial score (nSPS) is 11.2. The van der Waals surface area contributed by atoms with E-state index in [2.05, 4.69) is 5.10 Å². The third-order valence-corrected chi connectivity index (χ3v) is 2.65. The molecule has 0 saturated carbocycles. The number of aryl methyl sites for hydroxylation is 1. The van der Waals surface area contributed by atoms with Gasteiger partial charge in [-0.2, -0.15) is 5.26 Å². The number of hydrazone groups is 1. The first-order chi connectivity index (χ1) is 11.2. The van der Waals surface area contributed by atoms with E-state index in [0.717, 1.165) is 5.56 Å². The zero-order chi connectivity index (χ0) is 18.3. The molecule has 0 unspecified atom stereocenters. The molecule has 0 aliphatic heterocycles. The maximum Gasteiger partial charge on any atom is 0.440 e. The van der Waals surface area contributed by atoms with Gasteiger partial charge in [-0.15, -0.1) is 5.10 Å². The van der Waals surface area contributed by atoms with Gasteiger partial charge in [0.1, 0.15) is 6.07 Å². The molecule has 128 valence electrons. The molecule has 2 amide bonds. The van der Waals surface area contributed by atoms with Gasteiger partial charge in [0.05, 0.1) is 12.2 Å². The van der Waals surface area contributed by atoms with Crippen molar-refractivity contribution in [1.29, 1.82) is 5.26 Å². The number of carbonyl (C=O) groups is 2. The molecule has 1 rings (SSSR count). The fourth-order valence-electron chi connectivity index (χ4n) is 1.62. The van der Waals surface area contributed by atoms with Crippen molar-refractivity contribution in [3.63, 3.8) is 0 Å². The second-order valence-electron chi connectivity index (χ2n) is 5.60. The molecule has 0 atom stereocenters. The summed E-state index contributed by atoms with van der Waals surface area (Å²) in [7, 11) is 0. The molecule has 0 bridgehead atoms. The molecule has 7 heteroatoms. The Labute approximate surface area is 141 Å². The van der Waals surface area contributed by atoms with E-state index in [9.17, 15) is 14.9 Å². The molecule has 0 radical (unpaired) electrons. The Balaban J connectivity index is 3.20. The van der Waals surface area contributed by atoms with Gasteiger partial charge in [-0.1, -0.05) is 34.8 Å². The SMILES string of the molecule is Cc1ccc(/C(C#N)=N/N(C(=O)OC(C)C)C(=O)OC(C)C)cc1. The largest absolute Gasteiger partial charge is 0.445 e. The van der Waals surface area contributed by atoms with Gasteiger partial charge < -0.3 is 9.47 Å². The Hall–Kier alpha value is -2.88. The van der Waals surface area contributed by atoms with Crippen LogP contribution in [-0.2, 0) is 9.47 Å². The number of amides is 2. The number of ether oxygens (including phenoxy) is 2. The molecule has 0 heterocycles. The van der Waals surface area contributed by atoms with E-state index in [4.69, 9.17) is 9.47 Å². The van der Waals surface area contributed by atoms with Gasteiger partial charge in [0.25, 0.3) is 0 Å². The van der Waals surface area contributed by atoms with Crippen LogP contribution in [0.4, 0.5) is 9.59 Å². The number of rotatable bonds is 4. The van der Waals surface area contributed by atoms with Crippen LogP contribution in [-0.4, -0.2) is 35.1 Å². The summed E-state index contributed by atoms with van der Waals surface area (Å²) in [5.41, 5.74) is 1.38. The summed E-state index contributed by atoms with van der Waals surface area (Å²) in [5, 5.41) is 13.6. The van der Waals surface area contributed by atoms with E-state index in [-0.39, 0.29) is 5.71 Å². The van der Waals surface area contributed by atoms with Crippen molar-refractivity contribution < 1.29 is 19.1 Å². The van der Waals surface area contributed by atoms with Crippen LogP contribution in [0.15, 0.2) is 29.4 Å². The lowest BCUT2D eigenvalue weighted by molar-refractivity contribution is 0.0518. The standard InChI is InChI=1S/C17H21N3O4/c1-11(2)23-16(21)20(17(22)24-12(3)4)19-15(10-18)14-8-6-13(5)7-9-14/h6-9,11-12H,1-5H3/b19-15+. The molecule has 0 spiro atoms. The van der Waals surface area contributed by atoms with E-state index < -0.39 is 24.4 Å². The quantitative estimate of drug-likeness (QED) is 0.620. The Morgan fingerprint density at radius 2 is 1.50 bits per heavy atom. The maximum absolute atomic E-state index is 12.1. The highest BCUT2D eigenvalue weighted by atomic mass is 16.6. The molecule has 1 aromatic carbocycles. The lowest BCUT2D eigenvalue weighted by Crippen LogP contribution is -2.36. The highest BCUT2D eigenvalue weighted by molar-refractivity contribution is 6.12. The minimum atomic E-state index is -1.00. The molecule has 0 fully saturated rings. The zero-order valence-corrected chi connectivity index (χ0v) is 14.4. The first-order valence-electron chi connectivity index (χ1n) is 7.51. The van der Waals surface area contributed by atoms with E-state index in [1.807, 2.05) is 13.0 Å². The number of hydrogen-bond donors (Lipinski definition) is 0. The number of carbonyl (C=O) groups excluding carboxylic acids is 2. The summed E-state index contributed by atoms with van der Waals surface area (Å²) in [5.74, 6) is 0. The second-order valence-corrected chi connectivity index (χ2v) is 5.60. The van der Waals surface area contributed by atoms with Gasteiger partial charge in [0.2, 0.25) is 0 Å². The summed E-state index contributed by atoms with van der Waals surface area (Å²) >= 11 is 0. The minimum absolute atomic E-state index is 0.101. The van der Waals surface area contributed by atoms with Crippen LogP contribution in [0.2, 0.25) is 0 Å². The van der Waals surface area contributed by atoms with Crippen LogP contribution >= 0.6 is 0 Å². The van der Waals surface area contributed by atoms with Gasteiger partial charge in [0.15, 0.2) is 5.71 Å². The molecular weight excluding hydrogens is 310 g/mol. The van der Waals surface area contributed by atoms with Crippen molar-refractivity contribution in [2.24, 2.45) is 5.10 Å². The molecule has 1 aromatic rings. The van der Waals surface area contributed by atoms with Crippen molar-refractivity contribution >= 4 is 17.9 Å². The lowest BCUT2D eigenvalue weighted by atomic mass is 10.1. The summed E-state index contributed by atoms with van der Waals surface area (Å²) < 4.78 is 9.97. The molecule has 0 aromatic heterocycles. The fraction of sp³-hybridized carbons (Fsp3) is 0.412. The van der Waals surface area contributed by atoms with Crippen molar-refractivity contribution in [1.82, 2.24) is 5.01 Å². The molecule has 0 aliphatic carbocycles. The summed E-state index contributed by atoms with van der Waals surface area (Å²) in [6.45, 7) is 8.45. The van der Waals surface area contributed by atoms with Gasteiger partial charge in [-0.25, -0.2) is 9.59 Å². The van der Waals surface area contributed by atoms with Crippen LogP contribution in [0.3, 0.4) is 0 Å². The van der Waals surface area contributed by atoms with E-state index in [0.29, 0.717) is 10.6 Å². The minimum Gasteiger partial charge on any atom is -0.445 e.